The molecular weight excluding hydrogens is 441 g/mol. The van der Waals surface area contributed by atoms with Crippen molar-refractivity contribution >= 4 is 39.8 Å². The molecule has 0 amide bonds. The quantitative estimate of drug-likeness (QED) is 0.523. The highest BCUT2D eigenvalue weighted by Crippen LogP contribution is 2.25. The van der Waals surface area contributed by atoms with E-state index in [2.05, 4.69) is 11.1 Å². The van der Waals surface area contributed by atoms with Gasteiger partial charge in [0.25, 0.3) is 0 Å². The Balaban J connectivity index is 0.00000320. The van der Waals surface area contributed by atoms with Gasteiger partial charge in [-0.05, 0) is 47.9 Å². The molecule has 0 N–H and O–H groups in total. The van der Waals surface area contributed by atoms with Crippen molar-refractivity contribution < 1.29 is 8.42 Å². The average molecular weight is 462 g/mol. The molecule has 0 fully saturated rings. The first kappa shape index (κ1) is 23.7. The van der Waals surface area contributed by atoms with Crippen molar-refractivity contribution in [1.29, 1.82) is 5.26 Å². The van der Waals surface area contributed by atoms with Crippen molar-refractivity contribution in [3.05, 3.63) is 93.6 Å². The third-order valence-corrected chi connectivity index (χ3v) is 6.76. The molecule has 2 aromatic carbocycles. The summed E-state index contributed by atoms with van der Waals surface area (Å²) in [6, 6.07) is 18.2. The van der Waals surface area contributed by atoms with Gasteiger partial charge in [0.2, 0.25) is 10.0 Å². The number of anilines is 1. The predicted molar refractivity (Wildman–Crippen MR) is 123 cm³/mol. The van der Waals surface area contributed by atoms with Gasteiger partial charge in [0, 0.05) is 30.3 Å². The summed E-state index contributed by atoms with van der Waals surface area (Å²) < 4.78 is 27.2. The van der Waals surface area contributed by atoms with Gasteiger partial charge in [0.1, 0.15) is 5.82 Å². The minimum absolute atomic E-state index is 0. The lowest BCUT2D eigenvalue weighted by molar-refractivity contribution is 0.593. The Morgan fingerprint density at radius 3 is 2.40 bits per heavy atom. The fourth-order valence-corrected chi connectivity index (χ4v) is 4.36. The number of sulfonamides is 1. The first-order chi connectivity index (χ1) is 13.8. The molecule has 1 aromatic heterocycles. The molecule has 0 spiro atoms. The van der Waals surface area contributed by atoms with Crippen LogP contribution in [0.15, 0.2) is 60.8 Å². The van der Waals surface area contributed by atoms with Gasteiger partial charge in [-0.1, -0.05) is 41.9 Å². The summed E-state index contributed by atoms with van der Waals surface area (Å²) in [4.78, 5) is 4.32. The van der Waals surface area contributed by atoms with E-state index in [0.717, 1.165) is 16.7 Å². The Labute approximate surface area is 188 Å². The molecule has 0 saturated heterocycles. The second-order valence-corrected chi connectivity index (χ2v) is 9.19. The predicted octanol–water partition coefficient (Wildman–Crippen LogP) is 4.89. The van der Waals surface area contributed by atoms with Crippen LogP contribution < -0.4 is 4.31 Å². The number of nitrogens with zero attached hydrogens (tertiary/aromatic N) is 3. The zero-order valence-electron chi connectivity index (χ0n) is 16.5. The van der Waals surface area contributed by atoms with Crippen molar-refractivity contribution in [3.8, 4) is 6.07 Å². The summed E-state index contributed by atoms with van der Waals surface area (Å²) in [5.74, 6) is 0.214. The highest BCUT2D eigenvalue weighted by molar-refractivity contribution is 7.92. The second kappa shape index (κ2) is 9.94. The summed E-state index contributed by atoms with van der Waals surface area (Å²) >= 11 is 6.14. The molecular formula is C22H21Cl2N3O2S. The molecule has 3 aromatic rings. The molecule has 30 heavy (non-hydrogen) atoms. The minimum atomic E-state index is -3.65. The van der Waals surface area contributed by atoms with Gasteiger partial charge in [-0.15, -0.1) is 12.4 Å². The average Bonchev–Trinajstić information content (AvgIpc) is 2.71. The Bertz CT molecular complexity index is 1170. The highest BCUT2D eigenvalue weighted by atomic mass is 35.5. The maximum absolute atomic E-state index is 13.0. The normalized spacial score (nSPS) is 10.7. The first-order valence-corrected chi connectivity index (χ1v) is 10.9. The van der Waals surface area contributed by atoms with Crippen LogP contribution in [0.1, 0.15) is 27.8 Å². The monoisotopic (exact) mass is 461 g/mol. The fraction of sp³-hybridized carbons (Fsp3) is 0.182. The second-order valence-electron chi connectivity index (χ2n) is 6.78. The van der Waals surface area contributed by atoms with E-state index < -0.39 is 10.0 Å². The van der Waals surface area contributed by atoms with Crippen molar-refractivity contribution in [2.45, 2.75) is 19.1 Å². The Morgan fingerprint density at radius 2 is 1.77 bits per heavy atom. The smallest absolute Gasteiger partial charge is 0.240 e. The van der Waals surface area contributed by atoms with E-state index in [1.807, 2.05) is 31.2 Å². The third kappa shape index (κ3) is 5.51. The van der Waals surface area contributed by atoms with Crippen LogP contribution in [0, 0.1) is 18.3 Å². The molecule has 0 radical (unpaired) electrons. The van der Waals surface area contributed by atoms with E-state index >= 15 is 0 Å². The summed E-state index contributed by atoms with van der Waals surface area (Å²) in [6.45, 7) is 1.87. The molecule has 1 heterocycles. The largest absolute Gasteiger partial charge is 0.256 e. The number of rotatable bonds is 6. The fourth-order valence-electron chi connectivity index (χ4n) is 2.93. The van der Waals surface area contributed by atoms with E-state index in [-0.39, 0.29) is 18.2 Å². The maximum atomic E-state index is 13.0. The van der Waals surface area contributed by atoms with Gasteiger partial charge in [0.15, 0.2) is 0 Å². The van der Waals surface area contributed by atoms with Gasteiger partial charge < -0.3 is 0 Å². The molecule has 3 rings (SSSR count). The van der Waals surface area contributed by atoms with Crippen LogP contribution in [0.5, 0.6) is 0 Å². The molecule has 156 valence electrons. The van der Waals surface area contributed by atoms with Crippen molar-refractivity contribution in [2.75, 3.05) is 11.4 Å². The van der Waals surface area contributed by atoms with Gasteiger partial charge in [-0.3, -0.25) is 4.31 Å². The van der Waals surface area contributed by atoms with Crippen LogP contribution in [-0.4, -0.2) is 20.4 Å². The van der Waals surface area contributed by atoms with E-state index in [4.69, 9.17) is 16.9 Å². The lowest BCUT2D eigenvalue weighted by Crippen LogP contribution is -2.29. The van der Waals surface area contributed by atoms with Gasteiger partial charge in [0.05, 0.1) is 17.4 Å². The van der Waals surface area contributed by atoms with Crippen LogP contribution in [-0.2, 0) is 22.2 Å². The van der Waals surface area contributed by atoms with Crippen LogP contribution in [0.3, 0.4) is 0 Å². The first-order valence-electron chi connectivity index (χ1n) is 8.95. The topological polar surface area (TPSA) is 74.1 Å². The van der Waals surface area contributed by atoms with Crippen molar-refractivity contribution in [2.24, 2.45) is 0 Å². The van der Waals surface area contributed by atoms with Gasteiger partial charge in [-0.25, -0.2) is 13.4 Å². The third-order valence-electron chi connectivity index (χ3n) is 4.65. The van der Waals surface area contributed by atoms with Gasteiger partial charge >= 0.3 is 0 Å². The van der Waals surface area contributed by atoms with Crippen LogP contribution in [0.25, 0.3) is 0 Å². The zero-order chi connectivity index (χ0) is 21.0. The highest BCUT2D eigenvalue weighted by Gasteiger charge is 2.23. The minimum Gasteiger partial charge on any atom is -0.256 e. The number of aryl methyl sites for hydroxylation is 1. The van der Waals surface area contributed by atoms with Crippen molar-refractivity contribution in [3.63, 3.8) is 0 Å². The molecule has 0 unspecified atom stereocenters. The number of benzene rings is 2. The lowest BCUT2D eigenvalue weighted by atomic mass is 10.0. The number of pyridine rings is 1. The Morgan fingerprint density at radius 1 is 1.10 bits per heavy atom. The standard InChI is InChI=1S/C22H20ClN3O2S.ClH/c1-16-5-6-19(13-21(16)23)15-29(27,28)26(2)22-20(4-3-11-25-22)12-17-7-9-18(14-24)10-8-17;/h3-11,13H,12,15H2,1-2H3;1H. The van der Waals surface area contributed by atoms with E-state index in [1.54, 1.807) is 36.5 Å². The lowest BCUT2D eigenvalue weighted by Gasteiger charge is -2.21. The number of hydrogen-bond donors (Lipinski definition) is 0. The van der Waals surface area contributed by atoms with Crippen molar-refractivity contribution in [1.82, 2.24) is 4.98 Å². The SMILES string of the molecule is Cc1ccc(CS(=O)(=O)N(C)c2ncccc2Cc2ccc(C#N)cc2)cc1Cl.Cl. The number of hydrogen-bond acceptors (Lipinski definition) is 4. The molecule has 0 bridgehead atoms. The molecule has 0 aliphatic rings. The Kier molecular flexibility index (Phi) is 7.85. The molecule has 0 atom stereocenters. The number of halogens is 2. The summed E-state index contributed by atoms with van der Waals surface area (Å²) in [5, 5.41) is 9.48. The molecule has 5 nitrogen and oxygen atoms in total. The summed E-state index contributed by atoms with van der Waals surface area (Å²) in [5.41, 5.74) is 3.85. The maximum Gasteiger partial charge on any atom is 0.240 e. The van der Waals surface area contributed by atoms with Crippen LogP contribution in [0.4, 0.5) is 5.82 Å². The van der Waals surface area contributed by atoms with E-state index in [9.17, 15) is 8.42 Å². The summed E-state index contributed by atoms with van der Waals surface area (Å²) in [6.07, 6.45) is 2.08. The molecule has 0 saturated carbocycles. The molecule has 8 heteroatoms. The van der Waals surface area contributed by atoms with E-state index in [1.165, 1.54) is 11.4 Å². The molecule has 0 aliphatic heterocycles. The van der Waals surface area contributed by atoms with E-state index in [0.29, 0.717) is 28.4 Å². The van der Waals surface area contributed by atoms with Crippen LogP contribution in [0.2, 0.25) is 5.02 Å². The number of aromatic nitrogens is 1. The Hall–Kier alpha value is -2.59. The summed E-state index contributed by atoms with van der Waals surface area (Å²) in [7, 11) is -2.14. The molecule has 0 aliphatic carbocycles. The zero-order valence-corrected chi connectivity index (χ0v) is 18.9. The van der Waals surface area contributed by atoms with Gasteiger partial charge in [-0.2, -0.15) is 5.26 Å². The van der Waals surface area contributed by atoms with Crippen LogP contribution >= 0.6 is 24.0 Å². The number of nitriles is 1.